The molecule has 1 aliphatic rings. The fraction of sp³-hybridized carbons (Fsp3) is 0.529. The summed E-state index contributed by atoms with van der Waals surface area (Å²) in [6.45, 7) is 2.41. The number of carbonyl (C=O) groups is 1. The molecule has 0 radical (unpaired) electrons. The van der Waals surface area contributed by atoms with Crippen molar-refractivity contribution in [1.29, 1.82) is 0 Å². The predicted molar refractivity (Wildman–Crippen MR) is 90.3 cm³/mol. The van der Waals surface area contributed by atoms with Crippen molar-refractivity contribution < 1.29 is 24.1 Å². The van der Waals surface area contributed by atoms with Gasteiger partial charge in [-0.2, -0.15) is 0 Å². The van der Waals surface area contributed by atoms with Crippen LogP contribution in [0.1, 0.15) is 17.8 Å². The van der Waals surface area contributed by atoms with E-state index in [9.17, 15) is 9.90 Å². The van der Waals surface area contributed by atoms with Crippen molar-refractivity contribution in [1.82, 2.24) is 20.0 Å². The maximum Gasteiger partial charge on any atom is 0.311 e. The lowest BCUT2D eigenvalue weighted by Gasteiger charge is -2.28. The van der Waals surface area contributed by atoms with E-state index in [-0.39, 0.29) is 24.6 Å². The Bertz CT molecular complexity index is 791. The summed E-state index contributed by atoms with van der Waals surface area (Å²) >= 11 is 0. The molecule has 0 saturated carbocycles. The minimum absolute atomic E-state index is 0.174. The molecule has 2 aromatic heterocycles. The smallest absolute Gasteiger partial charge is 0.311 e. The number of rotatable bonds is 5. The molecule has 1 fully saturated rings. The Balaban J connectivity index is 1.75. The summed E-state index contributed by atoms with van der Waals surface area (Å²) in [7, 11) is 3.08. The molecular weight excluding hydrogens is 340 g/mol. The van der Waals surface area contributed by atoms with Gasteiger partial charge in [0.05, 0.1) is 49.9 Å². The number of ether oxygens (including phenoxy) is 3. The molecule has 9 nitrogen and oxygen atoms in total. The van der Waals surface area contributed by atoms with Crippen molar-refractivity contribution in [3.63, 3.8) is 0 Å². The van der Waals surface area contributed by atoms with Gasteiger partial charge in [-0.1, -0.05) is 5.21 Å². The number of aromatic nitrogens is 4. The van der Waals surface area contributed by atoms with Gasteiger partial charge in [0.1, 0.15) is 17.5 Å². The number of nitrogens with zero attached hydrogens (tertiary/aromatic N) is 4. The Morgan fingerprint density at radius 1 is 1.42 bits per heavy atom. The molecule has 0 aromatic carbocycles. The minimum atomic E-state index is -0.321. The monoisotopic (exact) mass is 362 g/mol. The lowest BCUT2D eigenvalue weighted by molar-refractivity contribution is -0.152. The molecule has 0 spiro atoms. The van der Waals surface area contributed by atoms with E-state index in [4.69, 9.17) is 14.2 Å². The molecule has 1 aliphatic heterocycles. The van der Waals surface area contributed by atoms with E-state index < -0.39 is 0 Å². The average molecular weight is 362 g/mol. The van der Waals surface area contributed by atoms with Crippen molar-refractivity contribution in [2.24, 2.45) is 13.0 Å². The van der Waals surface area contributed by atoms with Crippen LogP contribution in [0, 0.1) is 12.8 Å². The number of carbonyl (C=O) groups excluding carboxylic acids is 1. The highest BCUT2D eigenvalue weighted by Gasteiger charge is 2.30. The maximum absolute atomic E-state index is 11.7. The quantitative estimate of drug-likeness (QED) is 0.772. The molecule has 1 N–H and O–H groups in total. The Labute approximate surface area is 150 Å². The van der Waals surface area contributed by atoms with Gasteiger partial charge >= 0.3 is 5.97 Å². The summed E-state index contributed by atoms with van der Waals surface area (Å²) in [4.78, 5) is 16.2. The van der Waals surface area contributed by atoms with Gasteiger partial charge in [0.15, 0.2) is 0 Å². The first-order valence-corrected chi connectivity index (χ1v) is 8.33. The number of hydrogen-bond acceptors (Lipinski definition) is 8. The molecule has 0 unspecified atom stereocenters. The van der Waals surface area contributed by atoms with Crippen molar-refractivity contribution in [3.05, 3.63) is 23.5 Å². The van der Waals surface area contributed by atoms with E-state index in [1.807, 2.05) is 6.92 Å². The summed E-state index contributed by atoms with van der Waals surface area (Å²) in [5.41, 5.74) is 2.42. The van der Waals surface area contributed by atoms with E-state index in [0.717, 1.165) is 0 Å². The molecule has 0 aliphatic carbocycles. The molecule has 0 bridgehead atoms. The molecule has 9 heteroatoms. The van der Waals surface area contributed by atoms with Crippen LogP contribution in [0.4, 0.5) is 0 Å². The Morgan fingerprint density at radius 2 is 2.23 bits per heavy atom. The van der Waals surface area contributed by atoms with Crippen LogP contribution in [0.25, 0.3) is 11.4 Å². The SMILES string of the molecule is COC(=O)[C@@H]1COC[C@H](Oc2ccc(-c3nnn(C)c3CO)nc2C)C1. The number of aryl methyl sites for hydroxylation is 2. The van der Waals surface area contributed by atoms with E-state index in [1.54, 1.807) is 19.2 Å². The molecule has 140 valence electrons. The number of aliphatic hydroxyl groups is 1. The second-order valence-corrected chi connectivity index (χ2v) is 6.18. The topological polar surface area (TPSA) is 109 Å². The maximum atomic E-state index is 11.7. The number of esters is 1. The molecule has 26 heavy (non-hydrogen) atoms. The highest BCUT2D eigenvalue weighted by Crippen LogP contribution is 2.27. The first-order valence-electron chi connectivity index (χ1n) is 8.33. The molecule has 3 rings (SSSR count). The Hall–Kier alpha value is -2.52. The standard InChI is InChI=1S/C17H22N4O5/c1-10-15(26-12-6-11(8-25-9-12)17(23)24-3)5-4-13(18-10)16-14(7-22)21(2)20-19-16/h4-5,11-12,22H,6-9H2,1-3H3/t11-,12+/m0/s1. The third kappa shape index (κ3) is 3.68. The van der Waals surface area contributed by atoms with Crippen LogP contribution in [-0.2, 0) is 27.9 Å². The van der Waals surface area contributed by atoms with E-state index in [1.165, 1.54) is 11.8 Å². The highest BCUT2D eigenvalue weighted by molar-refractivity contribution is 5.72. The first kappa shape index (κ1) is 18.3. The predicted octanol–water partition coefficient (Wildman–Crippen LogP) is 0.635. The molecule has 1 saturated heterocycles. The van der Waals surface area contributed by atoms with Gasteiger partial charge in [0, 0.05) is 13.5 Å². The summed E-state index contributed by atoms with van der Waals surface area (Å²) in [5, 5.41) is 17.5. The zero-order valence-corrected chi connectivity index (χ0v) is 15.0. The third-order valence-corrected chi connectivity index (χ3v) is 4.37. The normalized spacial score (nSPS) is 20.0. The van der Waals surface area contributed by atoms with Gasteiger partial charge in [-0.05, 0) is 19.1 Å². The minimum Gasteiger partial charge on any atom is -0.486 e. The molecule has 2 aromatic rings. The van der Waals surface area contributed by atoms with E-state index >= 15 is 0 Å². The fourth-order valence-electron chi connectivity index (χ4n) is 2.95. The molecule has 0 amide bonds. The van der Waals surface area contributed by atoms with Gasteiger partial charge in [-0.15, -0.1) is 5.10 Å². The average Bonchev–Trinajstić information content (AvgIpc) is 3.03. The van der Waals surface area contributed by atoms with Crippen molar-refractivity contribution in [3.8, 4) is 17.1 Å². The third-order valence-electron chi connectivity index (χ3n) is 4.37. The molecular formula is C17H22N4O5. The van der Waals surface area contributed by atoms with Gasteiger partial charge in [0.2, 0.25) is 0 Å². The first-order chi connectivity index (χ1) is 12.5. The van der Waals surface area contributed by atoms with E-state index in [0.29, 0.717) is 48.2 Å². The van der Waals surface area contributed by atoms with Gasteiger partial charge in [-0.25, -0.2) is 9.67 Å². The summed E-state index contributed by atoms with van der Waals surface area (Å²) in [5.74, 6) is 0.00276. The Morgan fingerprint density at radius 3 is 2.92 bits per heavy atom. The van der Waals surface area contributed by atoms with Gasteiger partial charge in [0.25, 0.3) is 0 Å². The van der Waals surface area contributed by atoms with Crippen LogP contribution in [0.5, 0.6) is 5.75 Å². The second-order valence-electron chi connectivity index (χ2n) is 6.18. The van der Waals surface area contributed by atoms with Crippen molar-refractivity contribution in [2.45, 2.75) is 26.1 Å². The lowest BCUT2D eigenvalue weighted by atomic mass is 10.0. The summed E-state index contributed by atoms with van der Waals surface area (Å²) in [6.07, 6.45) is 0.288. The van der Waals surface area contributed by atoms with Crippen LogP contribution in [0.3, 0.4) is 0 Å². The number of methoxy groups -OCH3 is 1. The van der Waals surface area contributed by atoms with Crippen LogP contribution in [0.2, 0.25) is 0 Å². The highest BCUT2D eigenvalue weighted by atomic mass is 16.5. The van der Waals surface area contributed by atoms with Crippen molar-refractivity contribution >= 4 is 5.97 Å². The lowest BCUT2D eigenvalue weighted by Crippen LogP contribution is -2.37. The van der Waals surface area contributed by atoms with E-state index in [2.05, 4.69) is 15.3 Å². The number of aliphatic hydroxyl groups excluding tert-OH is 1. The fourth-order valence-corrected chi connectivity index (χ4v) is 2.95. The summed E-state index contributed by atoms with van der Waals surface area (Å²) in [6, 6.07) is 3.57. The molecule has 2 atom stereocenters. The molecule has 3 heterocycles. The zero-order valence-electron chi connectivity index (χ0n) is 15.0. The second kappa shape index (κ2) is 7.79. The number of hydrogen-bond donors (Lipinski definition) is 1. The number of pyridine rings is 1. The Kier molecular flexibility index (Phi) is 5.48. The van der Waals surface area contributed by atoms with Crippen LogP contribution < -0.4 is 4.74 Å². The zero-order chi connectivity index (χ0) is 18.7. The van der Waals surface area contributed by atoms with Crippen LogP contribution in [0.15, 0.2) is 12.1 Å². The van der Waals surface area contributed by atoms with Crippen molar-refractivity contribution in [2.75, 3.05) is 20.3 Å². The van der Waals surface area contributed by atoms with Gasteiger partial charge in [-0.3, -0.25) is 4.79 Å². The largest absolute Gasteiger partial charge is 0.486 e. The summed E-state index contributed by atoms with van der Waals surface area (Å²) < 4.78 is 17.7. The van der Waals surface area contributed by atoms with Crippen LogP contribution >= 0.6 is 0 Å². The van der Waals surface area contributed by atoms with Crippen LogP contribution in [-0.4, -0.2) is 57.5 Å². The van der Waals surface area contributed by atoms with Gasteiger partial charge < -0.3 is 19.3 Å².